The van der Waals surface area contributed by atoms with Crippen molar-refractivity contribution in [3.8, 4) is 5.75 Å². The molecule has 2 amide bonds. The average molecular weight is 509 g/mol. The Morgan fingerprint density at radius 2 is 1.72 bits per heavy atom. The van der Waals surface area contributed by atoms with Gasteiger partial charge in [-0.3, -0.25) is 9.59 Å². The normalized spacial score (nSPS) is 11.5. The molecule has 0 fully saturated rings. The van der Waals surface area contributed by atoms with Crippen LogP contribution in [-0.2, 0) is 28.3 Å². The molecule has 5 nitrogen and oxygen atoms in total. The van der Waals surface area contributed by atoms with Gasteiger partial charge in [0.15, 0.2) is 0 Å². The van der Waals surface area contributed by atoms with Crippen molar-refractivity contribution in [2.24, 2.45) is 0 Å². The predicted molar refractivity (Wildman–Crippen MR) is 143 cm³/mol. The first-order valence-corrected chi connectivity index (χ1v) is 13.2. The van der Waals surface area contributed by atoms with Crippen LogP contribution < -0.4 is 10.1 Å². The Bertz CT molecular complexity index is 1130. The lowest BCUT2D eigenvalue weighted by Gasteiger charge is -2.31. The molecular formula is C29H33FN2O3S. The third-order valence-electron chi connectivity index (χ3n) is 5.75. The van der Waals surface area contributed by atoms with Crippen LogP contribution >= 0.6 is 11.8 Å². The zero-order valence-electron chi connectivity index (χ0n) is 20.8. The number of benzene rings is 3. The molecule has 0 spiro atoms. The molecule has 3 aromatic rings. The number of thioether (sulfide) groups is 1. The number of amides is 2. The molecule has 0 saturated heterocycles. The van der Waals surface area contributed by atoms with Crippen molar-refractivity contribution in [2.45, 2.75) is 38.1 Å². The summed E-state index contributed by atoms with van der Waals surface area (Å²) >= 11 is 1.34. The SMILES string of the molecule is CCCNC(=O)[C@H](Cc1ccccc1)N(Cc1cccc(OC)c1)C(=O)CSCc1ccccc1F. The zero-order chi connectivity index (χ0) is 25.8. The molecule has 3 aromatic carbocycles. The molecule has 1 N–H and O–H groups in total. The van der Waals surface area contributed by atoms with E-state index < -0.39 is 6.04 Å². The summed E-state index contributed by atoms with van der Waals surface area (Å²) in [7, 11) is 1.60. The highest BCUT2D eigenvalue weighted by atomic mass is 32.2. The van der Waals surface area contributed by atoms with E-state index >= 15 is 0 Å². The molecule has 0 unspecified atom stereocenters. The van der Waals surface area contributed by atoms with E-state index in [0.29, 0.717) is 30.0 Å². The van der Waals surface area contributed by atoms with Crippen LogP contribution in [0.3, 0.4) is 0 Å². The fourth-order valence-corrected chi connectivity index (χ4v) is 4.73. The van der Waals surface area contributed by atoms with E-state index in [4.69, 9.17) is 4.74 Å². The molecule has 7 heteroatoms. The van der Waals surface area contributed by atoms with Crippen molar-refractivity contribution in [1.82, 2.24) is 10.2 Å². The second kappa shape index (κ2) is 14.3. The van der Waals surface area contributed by atoms with Gasteiger partial charge in [0.05, 0.1) is 12.9 Å². The highest BCUT2D eigenvalue weighted by Crippen LogP contribution is 2.21. The van der Waals surface area contributed by atoms with Crippen LogP contribution in [-0.4, -0.2) is 42.2 Å². The number of nitrogens with zero attached hydrogens (tertiary/aromatic N) is 1. The highest BCUT2D eigenvalue weighted by molar-refractivity contribution is 7.99. The lowest BCUT2D eigenvalue weighted by Crippen LogP contribution is -2.51. The van der Waals surface area contributed by atoms with Gasteiger partial charge in [0.2, 0.25) is 11.8 Å². The van der Waals surface area contributed by atoms with Crippen LogP contribution in [0.25, 0.3) is 0 Å². The minimum atomic E-state index is -0.688. The van der Waals surface area contributed by atoms with Crippen LogP contribution in [0.1, 0.15) is 30.0 Å². The highest BCUT2D eigenvalue weighted by Gasteiger charge is 2.30. The van der Waals surface area contributed by atoms with Crippen molar-refractivity contribution in [2.75, 3.05) is 19.4 Å². The quantitative estimate of drug-likeness (QED) is 0.343. The first kappa shape index (κ1) is 27.3. The molecule has 0 aliphatic carbocycles. The summed E-state index contributed by atoms with van der Waals surface area (Å²) < 4.78 is 19.4. The largest absolute Gasteiger partial charge is 0.497 e. The number of hydrogen-bond donors (Lipinski definition) is 1. The number of methoxy groups -OCH3 is 1. The van der Waals surface area contributed by atoms with Crippen molar-refractivity contribution in [3.05, 3.63) is 101 Å². The first-order valence-electron chi connectivity index (χ1n) is 12.1. The molecular weight excluding hydrogens is 475 g/mol. The van der Waals surface area contributed by atoms with E-state index in [1.54, 1.807) is 30.2 Å². The van der Waals surface area contributed by atoms with E-state index in [2.05, 4.69) is 5.32 Å². The molecule has 0 saturated carbocycles. The van der Waals surface area contributed by atoms with Crippen LogP contribution in [0.5, 0.6) is 5.75 Å². The predicted octanol–water partition coefficient (Wildman–Crippen LogP) is 5.23. The Morgan fingerprint density at radius 1 is 1.00 bits per heavy atom. The van der Waals surface area contributed by atoms with Crippen molar-refractivity contribution in [1.29, 1.82) is 0 Å². The third kappa shape index (κ3) is 8.12. The van der Waals surface area contributed by atoms with Gasteiger partial charge >= 0.3 is 0 Å². The third-order valence-corrected chi connectivity index (χ3v) is 6.71. The number of hydrogen-bond acceptors (Lipinski definition) is 4. The molecule has 0 radical (unpaired) electrons. The van der Waals surface area contributed by atoms with E-state index in [-0.39, 0.29) is 29.9 Å². The van der Waals surface area contributed by atoms with E-state index in [1.165, 1.54) is 17.8 Å². The summed E-state index contributed by atoms with van der Waals surface area (Å²) in [6.07, 6.45) is 1.19. The van der Waals surface area contributed by atoms with Crippen molar-refractivity contribution < 1.29 is 18.7 Å². The molecule has 3 rings (SSSR count). The number of carbonyl (C=O) groups excluding carboxylic acids is 2. The van der Waals surface area contributed by atoms with Gasteiger partial charge in [0, 0.05) is 25.3 Å². The Labute approximate surface area is 217 Å². The second-order valence-electron chi connectivity index (χ2n) is 8.45. The van der Waals surface area contributed by atoms with Gasteiger partial charge in [-0.05, 0) is 41.3 Å². The Morgan fingerprint density at radius 3 is 2.44 bits per heavy atom. The standard InChI is InChI=1S/C29H33FN2O3S/c1-3-16-31-29(34)27(18-22-10-5-4-6-11-22)32(19-23-12-9-14-25(17-23)35-2)28(33)21-36-20-24-13-7-8-15-26(24)30/h4-15,17,27H,3,16,18-21H2,1-2H3,(H,31,34)/t27-/m0/s1. The number of rotatable bonds is 13. The summed E-state index contributed by atoms with van der Waals surface area (Å²) in [5.74, 6) is 0.541. The van der Waals surface area contributed by atoms with Crippen molar-refractivity contribution in [3.63, 3.8) is 0 Å². The second-order valence-corrected chi connectivity index (χ2v) is 9.44. The Kier molecular flexibility index (Phi) is 10.8. The number of nitrogens with one attached hydrogen (secondary N) is 1. The maximum absolute atomic E-state index is 14.1. The smallest absolute Gasteiger partial charge is 0.243 e. The molecule has 0 aromatic heterocycles. The summed E-state index contributed by atoms with van der Waals surface area (Å²) in [5.41, 5.74) is 2.39. The minimum absolute atomic E-state index is 0.130. The van der Waals surface area contributed by atoms with E-state index in [0.717, 1.165) is 17.5 Å². The number of halogens is 1. The molecule has 0 heterocycles. The van der Waals surface area contributed by atoms with Crippen LogP contribution in [0.15, 0.2) is 78.9 Å². The van der Waals surface area contributed by atoms with Gasteiger partial charge in [-0.25, -0.2) is 4.39 Å². The number of ether oxygens (including phenoxy) is 1. The number of carbonyl (C=O) groups is 2. The average Bonchev–Trinajstić information content (AvgIpc) is 2.91. The molecule has 0 aliphatic rings. The monoisotopic (exact) mass is 508 g/mol. The molecule has 36 heavy (non-hydrogen) atoms. The van der Waals surface area contributed by atoms with Gasteiger partial charge in [-0.15, -0.1) is 11.8 Å². The minimum Gasteiger partial charge on any atom is -0.497 e. The lowest BCUT2D eigenvalue weighted by atomic mass is 10.0. The fraction of sp³-hybridized carbons (Fsp3) is 0.310. The summed E-state index contributed by atoms with van der Waals surface area (Å²) in [6.45, 7) is 2.78. The molecule has 0 aliphatic heterocycles. The maximum atomic E-state index is 14.1. The first-order chi connectivity index (χ1) is 17.5. The van der Waals surface area contributed by atoms with Gasteiger partial charge in [-0.1, -0.05) is 67.6 Å². The Balaban J connectivity index is 1.85. The van der Waals surface area contributed by atoms with Gasteiger partial charge in [0.1, 0.15) is 17.6 Å². The summed E-state index contributed by atoms with van der Waals surface area (Å²) in [5, 5.41) is 2.97. The molecule has 190 valence electrons. The lowest BCUT2D eigenvalue weighted by molar-refractivity contribution is -0.139. The molecule has 1 atom stereocenters. The fourth-order valence-electron chi connectivity index (χ4n) is 3.83. The summed E-state index contributed by atoms with van der Waals surface area (Å²) in [6, 6.07) is 23.1. The van der Waals surface area contributed by atoms with E-state index in [1.807, 2.05) is 61.5 Å². The topological polar surface area (TPSA) is 58.6 Å². The van der Waals surface area contributed by atoms with Crippen molar-refractivity contribution >= 4 is 23.6 Å². The zero-order valence-corrected chi connectivity index (χ0v) is 21.6. The van der Waals surface area contributed by atoms with Gasteiger partial charge in [-0.2, -0.15) is 0 Å². The maximum Gasteiger partial charge on any atom is 0.243 e. The Hall–Kier alpha value is -3.32. The summed E-state index contributed by atoms with van der Waals surface area (Å²) in [4.78, 5) is 28.5. The van der Waals surface area contributed by atoms with Gasteiger partial charge < -0.3 is 15.0 Å². The van der Waals surface area contributed by atoms with Crippen LogP contribution in [0, 0.1) is 5.82 Å². The van der Waals surface area contributed by atoms with Crippen LogP contribution in [0.4, 0.5) is 4.39 Å². The van der Waals surface area contributed by atoms with Gasteiger partial charge in [0.25, 0.3) is 0 Å². The van der Waals surface area contributed by atoms with E-state index in [9.17, 15) is 14.0 Å². The molecule has 0 bridgehead atoms. The van der Waals surface area contributed by atoms with Crippen LogP contribution in [0.2, 0.25) is 0 Å².